The van der Waals surface area contributed by atoms with Gasteiger partial charge in [0.2, 0.25) is 0 Å². The van der Waals surface area contributed by atoms with E-state index in [4.69, 9.17) is 5.11 Å². The number of hydrogen-bond donors (Lipinski definition) is 1. The molecule has 0 saturated carbocycles. The maximum Gasteiger partial charge on any atom is 0.341 e. The molecule has 0 amide bonds. The van der Waals surface area contributed by atoms with E-state index in [1.165, 1.54) is 40.9 Å². The molecule has 3 nitrogen and oxygen atoms in total. The van der Waals surface area contributed by atoms with Crippen LogP contribution in [0.2, 0.25) is 0 Å². The third kappa shape index (κ3) is 3.28. The number of carboxylic acid groups (broad SMARTS) is 1. The zero-order valence-corrected chi connectivity index (χ0v) is 11.7. The first kappa shape index (κ1) is 13.5. The Hall–Kier alpha value is -0.980. The van der Waals surface area contributed by atoms with Gasteiger partial charge in [-0.2, -0.15) is 0 Å². The van der Waals surface area contributed by atoms with Crippen LogP contribution in [0, 0.1) is 0 Å². The van der Waals surface area contributed by atoms with E-state index in [2.05, 4.69) is 0 Å². The van der Waals surface area contributed by atoms with E-state index < -0.39 is 11.8 Å². The van der Waals surface area contributed by atoms with Crippen molar-refractivity contribution in [2.24, 2.45) is 0 Å². The fourth-order valence-electron chi connectivity index (χ4n) is 1.38. The molecule has 1 N–H and O–H groups in total. The quantitative estimate of drug-likeness (QED) is 0.526. The van der Waals surface area contributed by atoms with E-state index in [0.717, 1.165) is 16.4 Å². The average Bonchev–Trinajstić information content (AvgIpc) is 2.99. The van der Waals surface area contributed by atoms with Crippen molar-refractivity contribution in [2.75, 3.05) is 11.5 Å². The minimum absolute atomic E-state index is 0.102. The van der Waals surface area contributed by atoms with E-state index in [0.29, 0.717) is 4.24 Å². The number of carbonyl (C=O) groups excluding carboxylic acids is 1. The average molecular weight is 298 g/mol. The van der Waals surface area contributed by atoms with Crippen molar-refractivity contribution in [1.82, 2.24) is 0 Å². The van der Waals surface area contributed by atoms with Crippen LogP contribution < -0.4 is 0 Å². The Morgan fingerprint density at radius 2 is 2.00 bits per heavy atom. The van der Waals surface area contributed by atoms with Crippen molar-refractivity contribution >= 4 is 52.7 Å². The largest absolute Gasteiger partial charge is 0.477 e. The molecule has 0 aromatic carbocycles. The highest BCUT2D eigenvalue weighted by Crippen LogP contribution is 2.39. The first-order valence-corrected chi connectivity index (χ1v) is 8.02. The van der Waals surface area contributed by atoms with E-state index in [1.54, 1.807) is 6.08 Å². The number of rotatable bonds is 4. The van der Waals surface area contributed by atoms with Gasteiger partial charge >= 0.3 is 5.97 Å². The Morgan fingerprint density at radius 3 is 2.56 bits per heavy atom. The lowest BCUT2D eigenvalue weighted by Crippen LogP contribution is -2.11. The molecule has 0 atom stereocenters. The molecule has 1 aromatic rings. The monoisotopic (exact) mass is 298 g/mol. The highest BCUT2D eigenvalue weighted by Gasteiger charge is 2.24. The molecule has 1 aliphatic heterocycles. The summed E-state index contributed by atoms with van der Waals surface area (Å²) in [5.74, 6) is 0.137. The van der Waals surface area contributed by atoms with E-state index in [9.17, 15) is 9.59 Å². The van der Waals surface area contributed by atoms with Crippen molar-refractivity contribution in [3.8, 4) is 0 Å². The lowest BCUT2D eigenvalue weighted by molar-refractivity contribution is -0.134. The Balaban J connectivity index is 2.20. The first-order chi connectivity index (χ1) is 8.68. The molecule has 1 aromatic heterocycles. The highest BCUT2D eigenvalue weighted by molar-refractivity contribution is 8.25. The summed E-state index contributed by atoms with van der Waals surface area (Å²) in [6, 6.07) is 3.76. The third-order valence-electron chi connectivity index (χ3n) is 2.16. The van der Waals surface area contributed by atoms with Gasteiger partial charge in [-0.15, -0.1) is 34.9 Å². The van der Waals surface area contributed by atoms with Crippen LogP contribution in [0.25, 0.3) is 6.08 Å². The Kier molecular flexibility index (Phi) is 4.68. The van der Waals surface area contributed by atoms with Gasteiger partial charge in [-0.3, -0.25) is 4.79 Å². The number of carboxylic acids is 1. The molecular weight excluding hydrogens is 288 g/mol. The fourth-order valence-corrected chi connectivity index (χ4v) is 4.53. The van der Waals surface area contributed by atoms with Crippen molar-refractivity contribution in [2.45, 2.75) is 0 Å². The summed E-state index contributed by atoms with van der Waals surface area (Å²) in [5.41, 5.74) is -0.102. The van der Waals surface area contributed by atoms with E-state index >= 15 is 0 Å². The summed E-state index contributed by atoms with van der Waals surface area (Å²) in [6.45, 7) is 0. The number of hydrogen-bond acceptors (Lipinski definition) is 5. The number of thioether (sulfide) groups is 2. The molecule has 2 rings (SSSR count). The van der Waals surface area contributed by atoms with Crippen LogP contribution in [-0.4, -0.2) is 28.4 Å². The van der Waals surface area contributed by atoms with Gasteiger partial charge < -0.3 is 5.11 Å². The molecular formula is C12H10O3S3. The Labute approximate surface area is 117 Å². The molecule has 0 bridgehead atoms. The molecule has 2 heterocycles. The van der Waals surface area contributed by atoms with Gasteiger partial charge in [0, 0.05) is 16.4 Å². The molecule has 1 aliphatic rings. The number of ketones is 1. The van der Waals surface area contributed by atoms with Gasteiger partial charge in [0.05, 0.1) is 4.24 Å². The topological polar surface area (TPSA) is 54.4 Å². The molecule has 1 saturated heterocycles. The van der Waals surface area contributed by atoms with E-state index in [-0.39, 0.29) is 5.57 Å². The summed E-state index contributed by atoms with van der Waals surface area (Å²) in [7, 11) is 0. The van der Waals surface area contributed by atoms with Crippen molar-refractivity contribution in [3.05, 3.63) is 38.3 Å². The molecule has 94 valence electrons. The van der Waals surface area contributed by atoms with Crippen LogP contribution in [0.15, 0.2) is 33.4 Å². The SMILES string of the molecule is O=C(O)C(C(=O)/C=C/c1cccs1)=C1SCCS1. The zero-order valence-electron chi connectivity index (χ0n) is 9.29. The second-order valence-corrected chi connectivity index (χ2v) is 6.83. The lowest BCUT2D eigenvalue weighted by atomic mass is 10.2. The van der Waals surface area contributed by atoms with Gasteiger partial charge in [-0.1, -0.05) is 6.07 Å². The Bertz CT molecular complexity index is 507. The summed E-state index contributed by atoms with van der Waals surface area (Å²) in [5, 5.41) is 11.0. The maximum absolute atomic E-state index is 11.9. The summed E-state index contributed by atoms with van der Waals surface area (Å²) < 4.78 is 0.628. The van der Waals surface area contributed by atoms with Gasteiger partial charge in [0.1, 0.15) is 5.57 Å². The van der Waals surface area contributed by atoms with Crippen molar-refractivity contribution < 1.29 is 14.7 Å². The Morgan fingerprint density at radius 1 is 1.28 bits per heavy atom. The van der Waals surface area contributed by atoms with Crippen LogP contribution in [0.5, 0.6) is 0 Å². The van der Waals surface area contributed by atoms with Crippen molar-refractivity contribution in [1.29, 1.82) is 0 Å². The van der Waals surface area contributed by atoms with Crippen LogP contribution in [0.4, 0.5) is 0 Å². The van der Waals surface area contributed by atoms with Crippen LogP contribution in [-0.2, 0) is 9.59 Å². The molecule has 0 radical (unpaired) electrons. The minimum Gasteiger partial charge on any atom is -0.477 e. The highest BCUT2D eigenvalue weighted by atomic mass is 32.2. The van der Waals surface area contributed by atoms with Crippen LogP contribution in [0.1, 0.15) is 4.88 Å². The molecule has 18 heavy (non-hydrogen) atoms. The minimum atomic E-state index is -1.15. The maximum atomic E-state index is 11.9. The molecule has 0 aliphatic carbocycles. The molecule has 0 unspecified atom stereocenters. The molecule has 1 fully saturated rings. The predicted octanol–water partition coefficient (Wildman–Crippen LogP) is 3.11. The lowest BCUT2D eigenvalue weighted by Gasteiger charge is -2.01. The second kappa shape index (κ2) is 6.26. The normalized spacial score (nSPS) is 15.2. The standard InChI is InChI=1S/C12H10O3S3/c13-9(4-3-8-2-1-5-16-8)10(11(14)15)12-17-6-7-18-12/h1-5H,6-7H2,(H,14,15)/b4-3+. The van der Waals surface area contributed by atoms with Crippen LogP contribution in [0.3, 0.4) is 0 Å². The van der Waals surface area contributed by atoms with Gasteiger partial charge in [-0.05, 0) is 23.6 Å². The number of carbonyl (C=O) groups is 2. The summed E-state index contributed by atoms with van der Waals surface area (Å²) in [6.07, 6.45) is 2.99. The molecule has 6 heteroatoms. The first-order valence-electron chi connectivity index (χ1n) is 5.17. The fraction of sp³-hybridized carbons (Fsp3) is 0.167. The third-order valence-corrected chi connectivity index (χ3v) is 5.71. The number of aliphatic carboxylic acids is 1. The van der Waals surface area contributed by atoms with Crippen molar-refractivity contribution in [3.63, 3.8) is 0 Å². The predicted molar refractivity (Wildman–Crippen MR) is 77.9 cm³/mol. The molecule has 0 spiro atoms. The zero-order chi connectivity index (χ0) is 13.0. The van der Waals surface area contributed by atoms with Crippen LogP contribution >= 0.6 is 34.9 Å². The van der Waals surface area contributed by atoms with Gasteiger partial charge in [-0.25, -0.2) is 4.79 Å². The smallest absolute Gasteiger partial charge is 0.341 e. The second-order valence-electron chi connectivity index (χ2n) is 3.38. The van der Waals surface area contributed by atoms with E-state index in [1.807, 2.05) is 17.5 Å². The number of thiophene rings is 1. The summed E-state index contributed by atoms with van der Waals surface area (Å²) >= 11 is 4.38. The van der Waals surface area contributed by atoms with Gasteiger partial charge in [0.15, 0.2) is 5.78 Å². The number of allylic oxidation sites excluding steroid dienone is 1. The van der Waals surface area contributed by atoms with Gasteiger partial charge in [0.25, 0.3) is 0 Å². The summed E-state index contributed by atoms with van der Waals surface area (Å²) in [4.78, 5) is 24.0.